The maximum absolute atomic E-state index is 11.4. The summed E-state index contributed by atoms with van der Waals surface area (Å²) in [7, 11) is 0. The number of pyridine rings is 1. The summed E-state index contributed by atoms with van der Waals surface area (Å²) in [6, 6.07) is 7.52. The van der Waals surface area contributed by atoms with Gasteiger partial charge in [0.2, 0.25) is 0 Å². The van der Waals surface area contributed by atoms with Crippen molar-refractivity contribution >= 4 is 22.7 Å². The van der Waals surface area contributed by atoms with E-state index in [2.05, 4.69) is 4.98 Å². The molecule has 1 heterocycles. The highest BCUT2D eigenvalue weighted by Gasteiger charge is 2.17. The number of nitrogens with zero attached hydrogens (tertiary/aromatic N) is 2. The van der Waals surface area contributed by atoms with Gasteiger partial charge in [-0.25, -0.2) is 9.78 Å². The molecule has 0 unspecified atom stereocenters. The zero-order chi connectivity index (χ0) is 14.0. The average Bonchev–Trinajstić information content (AvgIpc) is 2.40. The van der Waals surface area contributed by atoms with E-state index >= 15 is 0 Å². The van der Waals surface area contributed by atoms with Gasteiger partial charge in [0.1, 0.15) is 11.4 Å². The zero-order valence-corrected chi connectivity index (χ0v) is 11.5. The van der Waals surface area contributed by atoms with Crippen molar-refractivity contribution in [3.05, 3.63) is 35.4 Å². The molecule has 0 fully saturated rings. The van der Waals surface area contributed by atoms with Crippen LogP contribution in [-0.4, -0.2) is 29.1 Å². The normalized spacial score (nSPS) is 10.7. The number of carbonyl (C=O) groups is 1. The van der Waals surface area contributed by atoms with Crippen LogP contribution in [-0.2, 0) is 0 Å². The van der Waals surface area contributed by atoms with Crippen LogP contribution in [0, 0.1) is 6.92 Å². The second-order valence-electron chi connectivity index (χ2n) is 4.48. The molecule has 0 saturated heterocycles. The summed E-state index contributed by atoms with van der Waals surface area (Å²) in [6.45, 7) is 7.46. The van der Waals surface area contributed by atoms with Gasteiger partial charge in [-0.05, 0) is 32.4 Å². The molecule has 4 nitrogen and oxygen atoms in total. The number of aromatic carboxylic acids is 1. The lowest BCUT2D eigenvalue weighted by molar-refractivity contribution is 0.0697. The largest absolute Gasteiger partial charge is 0.478 e. The number of aryl methyl sites for hydroxylation is 1. The van der Waals surface area contributed by atoms with Crippen LogP contribution in [0.3, 0.4) is 0 Å². The number of fused-ring (bicyclic) bond motifs is 1. The Labute approximate surface area is 112 Å². The standard InChI is InChI=1S/C15H18N2O2/c1-4-17(5-2)14-12(15(18)19)9-11-8-6-7-10(3)13(11)16-14/h6-9H,4-5H2,1-3H3,(H,18,19). The number of carboxylic acid groups (broad SMARTS) is 1. The minimum atomic E-state index is -0.933. The second kappa shape index (κ2) is 5.26. The van der Waals surface area contributed by atoms with Gasteiger partial charge >= 0.3 is 5.97 Å². The number of benzene rings is 1. The molecule has 2 aromatic rings. The molecule has 0 aliphatic heterocycles. The number of anilines is 1. The fourth-order valence-electron chi connectivity index (χ4n) is 2.26. The van der Waals surface area contributed by atoms with Crippen LogP contribution in [0.1, 0.15) is 29.8 Å². The molecule has 0 aliphatic carbocycles. The molecule has 0 spiro atoms. The summed E-state index contributed by atoms with van der Waals surface area (Å²) in [6.07, 6.45) is 0. The third kappa shape index (κ3) is 2.38. The Kier molecular flexibility index (Phi) is 3.69. The Morgan fingerprint density at radius 3 is 2.58 bits per heavy atom. The molecule has 0 bridgehead atoms. The Morgan fingerprint density at radius 1 is 1.32 bits per heavy atom. The Bertz CT molecular complexity index is 619. The van der Waals surface area contributed by atoms with E-state index in [9.17, 15) is 9.90 Å². The van der Waals surface area contributed by atoms with Gasteiger partial charge < -0.3 is 10.0 Å². The molecule has 19 heavy (non-hydrogen) atoms. The molecule has 1 aromatic carbocycles. The maximum atomic E-state index is 11.4. The van der Waals surface area contributed by atoms with Crippen molar-refractivity contribution in [1.29, 1.82) is 0 Å². The predicted molar refractivity (Wildman–Crippen MR) is 77.0 cm³/mol. The zero-order valence-electron chi connectivity index (χ0n) is 11.5. The number of para-hydroxylation sites is 1. The molecule has 0 radical (unpaired) electrons. The Balaban J connectivity index is 2.75. The molecule has 0 saturated carbocycles. The summed E-state index contributed by atoms with van der Waals surface area (Å²) >= 11 is 0. The number of carboxylic acids is 1. The second-order valence-corrected chi connectivity index (χ2v) is 4.48. The van der Waals surface area contributed by atoms with Crippen LogP contribution in [0.15, 0.2) is 24.3 Å². The van der Waals surface area contributed by atoms with Gasteiger partial charge in [-0.2, -0.15) is 0 Å². The molecule has 1 N–H and O–H groups in total. The number of aromatic nitrogens is 1. The fourth-order valence-corrected chi connectivity index (χ4v) is 2.26. The van der Waals surface area contributed by atoms with Crippen LogP contribution in [0.2, 0.25) is 0 Å². The van der Waals surface area contributed by atoms with E-state index in [-0.39, 0.29) is 5.56 Å². The first-order valence-corrected chi connectivity index (χ1v) is 6.47. The number of rotatable bonds is 4. The predicted octanol–water partition coefficient (Wildman–Crippen LogP) is 3.09. The summed E-state index contributed by atoms with van der Waals surface area (Å²) in [5, 5.41) is 10.2. The molecule has 0 amide bonds. The van der Waals surface area contributed by atoms with Crippen LogP contribution in [0.4, 0.5) is 5.82 Å². The fraction of sp³-hybridized carbons (Fsp3) is 0.333. The van der Waals surface area contributed by atoms with Crippen molar-refractivity contribution in [2.24, 2.45) is 0 Å². The highest BCUT2D eigenvalue weighted by Crippen LogP contribution is 2.25. The Morgan fingerprint density at radius 2 is 2.00 bits per heavy atom. The quantitative estimate of drug-likeness (QED) is 0.915. The third-order valence-electron chi connectivity index (χ3n) is 3.32. The molecule has 0 aliphatic rings. The van der Waals surface area contributed by atoms with Gasteiger partial charge in [-0.3, -0.25) is 0 Å². The lowest BCUT2D eigenvalue weighted by Crippen LogP contribution is -2.25. The van der Waals surface area contributed by atoms with E-state index in [0.29, 0.717) is 5.82 Å². The highest BCUT2D eigenvalue weighted by molar-refractivity contribution is 5.98. The van der Waals surface area contributed by atoms with Crippen LogP contribution in [0.25, 0.3) is 10.9 Å². The molecule has 4 heteroatoms. The summed E-state index contributed by atoms with van der Waals surface area (Å²) in [5.74, 6) is -0.378. The first-order valence-electron chi connectivity index (χ1n) is 6.47. The first-order chi connectivity index (χ1) is 9.08. The van der Waals surface area contributed by atoms with Gasteiger partial charge in [-0.15, -0.1) is 0 Å². The topological polar surface area (TPSA) is 53.4 Å². The minimum Gasteiger partial charge on any atom is -0.478 e. The lowest BCUT2D eigenvalue weighted by atomic mass is 10.1. The smallest absolute Gasteiger partial charge is 0.339 e. The van der Waals surface area contributed by atoms with Gasteiger partial charge in [0, 0.05) is 18.5 Å². The molecular weight excluding hydrogens is 240 g/mol. The average molecular weight is 258 g/mol. The van der Waals surface area contributed by atoms with Gasteiger partial charge in [0.05, 0.1) is 5.52 Å². The number of hydrogen-bond donors (Lipinski definition) is 1. The summed E-state index contributed by atoms with van der Waals surface area (Å²) in [4.78, 5) is 18.0. The molecule has 2 rings (SSSR count). The summed E-state index contributed by atoms with van der Waals surface area (Å²) < 4.78 is 0. The summed E-state index contributed by atoms with van der Waals surface area (Å²) in [5.41, 5.74) is 2.19. The minimum absolute atomic E-state index is 0.266. The van der Waals surface area contributed by atoms with Crippen molar-refractivity contribution in [3.63, 3.8) is 0 Å². The molecular formula is C15H18N2O2. The Hall–Kier alpha value is -2.10. The van der Waals surface area contributed by atoms with Crippen LogP contribution < -0.4 is 4.90 Å². The van der Waals surface area contributed by atoms with Crippen molar-refractivity contribution < 1.29 is 9.90 Å². The lowest BCUT2D eigenvalue weighted by Gasteiger charge is -2.22. The maximum Gasteiger partial charge on any atom is 0.339 e. The van der Waals surface area contributed by atoms with Crippen molar-refractivity contribution in [1.82, 2.24) is 4.98 Å². The van der Waals surface area contributed by atoms with E-state index in [1.807, 2.05) is 43.9 Å². The van der Waals surface area contributed by atoms with E-state index in [4.69, 9.17) is 0 Å². The van der Waals surface area contributed by atoms with Crippen molar-refractivity contribution in [3.8, 4) is 0 Å². The monoisotopic (exact) mass is 258 g/mol. The van der Waals surface area contributed by atoms with Gasteiger partial charge in [0.25, 0.3) is 0 Å². The number of hydrogen-bond acceptors (Lipinski definition) is 3. The SMILES string of the molecule is CCN(CC)c1nc2c(C)cccc2cc1C(=O)O. The van der Waals surface area contributed by atoms with E-state index in [0.717, 1.165) is 29.6 Å². The molecule has 0 atom stereocenters. The van der Waals surface area contributed by atoms with E-state index < -0.39 is 5.97 Å². The van der Waals surface area contributed by atoms with Crippen molar-refractivity contribution in [2.75, 3.05) is 18.0 Å². The van der Waals surface area contributed by atoms with Crippen LogP contribution >= 0.6 is 0 Å². The van der Waals surface area contributed by atoms with Gasteiger partial charge in [0.15, 0.2) is 0 Å². The van der Waals surface area contributed by atoms with Crippen molar-refractivity contribution in [2.45, 2.75) is 20.8 Å². The molecule has 100 valence electrons. The van der Waals surface area contributed by atoms with E-state index in [1.54, 1.807) is 6.07 Å². The first kappa shape index (κ1) is 13.3. The molecule has 1 aromatic heterocycles. The third-order valence-corrected chi connectivity index (χ3v) is 3.32. The highest BCUT2D eigenvalue weighted by atomic mass is 16.4. The van der Waals surface area contributed by atoms with Gasteiger partial charge in [-0.1, -0.05) is 18.2 Å². The van der Waals surface area contributed by atoms with E-state index in [1.165, 1.54) is 0 Å². The van der Waals surface area contributed by atoms with Crippen LogP contribution in [0.5, 0.6) is 0 Å².